The molecule has 2 aromatic heterocycles. The number of nitrogens with zero attached hydrogens (tertiary/aromatic N) is 4. The Morgan fingerprint density at radius 1 is 1.32 bits per heavy atom. The fraction of sp³-hybridized carbons (Fsp3) is 0.250. The van der Waals surface area contributed by atoms with Gasteiger partial charge in [0.15, 0.2) is 17.0 Å². The standard InChI is InChI=1S/C12H9FN4O2/c1-4-7-17-11(18)9-10(16(3)12(17)19)14-8(5-6-13)15(9)2/h1H,7H2,2-3H3. The first-order valence-corrected chi connectivity index (χ1v) is 5.24. The van der Waals surface area contributed by atoms with Gasteiger partial charge in [0, 0.05) is 20.0 Å². The van der Waals surface area contributed by atoms with Gasteiger partial charge in [-0.25, -0.2) is 14.3 Å². The third-order valence-corrected chi connectivity index (χ3v) is 2.77. The maximum Gasteiger partial charge on any atom is 0.333 e. The Balaban J connectivity index is 3.04. The van der Waals surface area contributed by atoms with Crippen LogP contribution < -0.4 is 11.2 Å². The summed E-state index contributed by atoms with van der Waals surface area (Å²) >= 11 is 0. The number of imidazole rings is 1. The van der Waals surface area contributed by atoms with E-state index in [1.54, 1.807) is 0 Å². The quantitative estimate of drug-likeness (QED) is 0.640. The summed E-state index contributed by atoms with van der Waals surface area (Å²) in [5.74, 6) is 4.42. The lowest BCUT2D eigenvalue weighted by Gasteiger charge is -2.05. The summed E-state index contributed by atoms with van der Waals surface area (Å²) in [5.41, 5.74) is -0.857. The molecule has 0 bridgehead atoms. The van der Waals surface area contributed by atoms with E-state index in [0.29, 0.717) is 0 Å². The molecule has 0 aliphatic rings. The molecular weight excluding hydrogens is 251 g/mol. The Morgan fingerprint density at radius 2 is 2.00 bits per heavy atom. The van der Waals surface area contributed by atoms with E-state index in [1.165, 1.54) is 29.4 Å². The normalized spacial score (nSPS) is 10.0. The second kappa shape index (κ2) is 4.46. The van der Waals surface area contributed by atoms with Crippen LogP contribution in [0.5, 0.6) is 0 Å². The molecule has 0 amide bonds. The molecule has 0 N–H and O–H groups in total. The molecule has 0 aromatic carbocycles. The summed E-state index contributed by atoms with van der Waals surface area (Å²) in [5, 5.41) is 0. The highest BCUT2D eigenvalue weighted by Gasteiger charge is 2.17. The third-order valence-electron chi connectivity index (χ3n) is 2.77. The molecule has 0 atom stereocenters. The van der Waals surface area contributed by atoms with Gasteiger partial charge in [0.1, 0.15) is 6.17 Å². The SMILES string of the molecule is C#CCn1c(=O)c2c(nc(C#CF)n2C)n(C)c1=O. The number of hydrogen-bond acceptors (Lipinski definition) is 3. The molecule has 0 unspecified atom stereocenters. The molecule has 96 valence electrons. The van der Waals surface area contributed by atoms with Crippen LogP contribution in [0.15, 0.2) is 9.59 Å². The second-order valence-corrected chi connectivity index (χ2v) is 3.82. The number of terminal acetylenes is 1. The number of hydrogen-bond donors (Lipinski definition) is 0. The van der Waals surface area contributed by atoms with Crippen molar-refractivity contribution < 1.29 is 4.39 Å². The average molecular weight is 260 g/mol. The average Bonchev–Trinajstić information content (AvgIpc) is 2.71. The van der Waals surface area contributed by atoms with Gasteiger partial charge in [-0.1, -0.05) is 5.92 Å². The van der Waals surface area contributed by atoms with E-state index < -0.39 is 11.2 Å². The molecule has 19 heavy (non-hydrogen) atoms. The molecule has 0 saturated heterocycles. The molecule has 6 nitrogen and oxygen atoms in total. The van der Waals surface area contributed by atoms with E-state index in [-0.39, 0.29) is 23.5 Å². The van der Waals surface area contributed by atoms with E-state index in [4.69, 9.17) is 6.42 Å². The molecule has 0 aliphatic heterocycles. The summed E-state index contributed by atoms with van der Waals surface area (Å²) in [4.78, 5) is 28.1. The number of aryl methyl sites for hydroxylation is 2. The second-order valence-electron chi connectivity index (χ2n) is 3.82. The van der Waals surface area contributed by atoms with Gasteiger partial charge in [0.05, 0.1) is 6.54 Å². The molecule has 0 saturated carbocycles. The highest BCUT2D eigenvalue weighted by Crippen LogP contribution is 2.07. The maximum absolute atomic E-state index is 12.2. The summed E-state index contributed by atoms with van der Waals surface area (Å²) in [6.45, 7) is -0.142. The van der Waals surface area contributed by atoms with E-state index in [2.05, 4.69) is 16.8 Å². The number of halogens is 1. The lowest BCUT2D eigenvalue weighted by Crippen LogP contribution is -2.39. The molecule has 0 fully saturated rings. The summed E-state index contributed by atoms with van der Waals surface area (Å²) in [6.07, 6.45) is 6.35. The third kappa shape index (κ3) is 1.72. The monoisotopic (exact) mass is 260 g/mol. The van der Waals surface area contributed by atoms with Gasteiger partial charge >= 0.3 is 5.69 Å². The Labute approximate surface area is 107 Å². The van der Waals surface area contributed by atoms with Crippen molar-refractivity contribution in [3.63, 3.8) is 0 Å². The van der Waals surface area contributed by atoms with Crippen molar-refractivity contribution in [1.29, 1.82) is 0 Å². The van der Waals surface area contributed by atoms with Crippen LogP contribution in [0, 0.1) is 24.4 Å². The summed E-state index contributed by atoms with van der Waals surface area (Å²) < 4.78 is 15.5. The smallest absolute Gasteiger partial charge is 0.314 e. The summed E-state index contributed by atoms with van der Waals surface area (Å²) in [7, 11) is 2.97. The minimum absolute atomic E-state index is 0.0584. The van der Waals surface area contributed by atoms with E-state index >= 15 is 0 Å². The van der Waals surface area contributed by atoms with Gasteiger partial charge in [-0.15, -0.1) is 10.8 Å². The molecule has 0 aliphatic carbocycles. The molecular formula is C12H9FN4O2. The Bertz CT molecular complexity index is 883. The highest BCUT2D eigenvalue weighted by atomic mass is 19.1. The van der Waals surface area contributed by atoms with Crippen molar-refractivity contribution in [3.8, 4) is 24.4 Å². The van der Waals surface area contributed by atoms with Gasteiger partial charge in [0.25, 0.3) is 5.56 Å². The van der Waals surface area contributed by atoms with Gasteiger partial charge in [0.2, 0.25) is 0 Å². The van der Waals surface area contributed by atoms with Gasteiger partial charge in [-0.3, -0.25) is 9.36 Å². The predicted octanol–water partition coefficient (Wildman–Crippen LogP) is -0.655. The van der Waals surface area contributed by atoms with Crippen molar-refractivity contribution in [2.24, 2.45) is 14.1 Å². The van der Waals surface area contributed by atoms with Gasteiger partial charge < -0.3 is 4.57 Å². The van der Waals surface area contributed by atoms with Crippen molar-refractivity contribution in [2.45, 2.75) is 6.54 Å². The zero-order chi connectivity index (χ0) is 14.2. The lowest BCUT2D eigenvalue weighted by molar-refractivity contribution is 0.674. The Kier molecular flexibility index (Phi) is 2.97. The fourth-order valence-electron chi connectivity index (χ4n) is 1.83. The van der Waals surface area contributed by atoms with E-state index in [0.717, 1.165) is 4.57 Å². The first kappa shape index (κ1) is 12.7. The number of fused-ring (bicyclic) bond motifs is 1. The largest absolute Gasteiger partial charge is 0.333 e. The minimum atomic E-state index is -0.576. The zero-order valence-corrected chi connectivity index (χ0v) is 10.3. The van der Waals surface area contributed by atoms with Crippen LogP contribution in [0.1, 0.15) is 5.82 Å². The van der Waals surface area contributed by atoms with Crippen LogP contribution in [0.25, 0.3) is 11.2 Å². The van der Waals surface area contributed by atoms with Crippen molar-refractivity contribution in [3.05, 3.63) is 26.7 Å². The highest BCUT2D eigenvalue weighted by molar-refractivity contribution is 5.71. The van der Waals surface area contributed by atoms with E-state index in [9.17, 15) is 14.0 Å². The molecule has 2 heterocycles. The first-order chi connectivity index (χ1) is 9.02. The van der Waals surface area contributed by atoms with Crippen LogP contribution >= 0.6 is 0 Å². The topological polar surface area (TPSA) is 61.8 Å². The van der Waals surface area contributed by atoms with Crippen LogP contribution in [0.2, 0.25) is 0 Å². The molecule has 0 spiro atoms. The fourth-order valence-corrected chi connectivity index (χ4v) is 1.83. The van der Waals surface area contributed by atoms with Gasteiger partial charge in [-0.2, -0.15) is 0 Å². The number of aromatic nitrogens is 4. The minimum Gasteiger partial charge on any atom is -0.314 e. The van der Waals surface area contributed by atoms with Crippen LogP contribution in [-0.4, -0.2) is 18.7 Å². The first-order valence-electron chi connectivity index (χ1n) is 5.24. The Morgan fingerprint density at radius 3 is 2.58 bits per heavy atom. The molecule has 2 rings (SSSR count). The molecule has 7 heteroatoms. The maximum atomic E-state index is 12.2. The van der Waals surface area contributed by atoms with Crippen molar-refractivity contribution in [1.82, 2.24) is 18.7 Å². The van der Waals surface area contributed by atoms with Gasteiger partial charge in [-0.05, 0) is 0 Å². The van der Waals surface area contributed by atoms with Crippen molar-refractivity contribution >= 4 is 11.2 Å². The lowest BCUT2D eigenvalue weighted by atomic mass is 10.5. The predicted molar refractivity (Wildman–Crippen MR) is 67.0 cm³/mol. The Hall–Kier alpha value is -2.80. The zero-order valence-electron chi connectivity index (χ0n) is 10.3. The molecule has 2 aromatic rings. The van der Waals surface area contributed by atoms with Crippen molar-refractivity contribution in [2.75, 3.05) is 0 Å². The molecule has 0 radical (unpaired) electrons. The van der Waals surface area contributed by atoms with Crippen LogP contribution in [0.3, 0.4) is 0 Å². The van der Waals surface area contributed by atoms with E-state index in [1.807, 2.05) is 0 Å². The number of rotatable bonds is 1. The van der Waals surface area contributed by atoms with Crippen LogP contribution in [-0.2, 0) is 20.6 Å². The summed E-state index contributed by atoms with van der Waals surface area (Å²) in [6, 6.07) is 0. The van der Waals surface area contributed by atoms with Crippen LogP contribution in [0.4, 0.5) is 4.39 Å².